The highest BCUT2D eigenvalue weighted by Gasteiger charge is 2.42. The topological polar surface area (TPSA) is 128 Å². The normalized spacial score (nSPS) is 19.2. The summed E-state index contributed by atoms with van der Waals surface area (Å²) in [5, 5.41) is 26.7. The van der Waals surface area contributed by atoms with Crippen molar-refractivity contribution in [1.29, 1.82) is 0 Å². The number of thiazole rings is 1. The first-order valence-corrected chi connectivity index (χ1v) is 11.7. The van der Waals surface area contributed by atoms with Crippen LogP contribution < -0.4 is 0 Å². The zero-order valence-electron chi connectivity index (χ0n) is 18.0. The molecule has 5 heterocycles. The molecule has 6 rings (SSSR count). The number of non-ortho nitro benzene ring substituents is 1. The molecule has 1 N–H and O–H groups in total. The summed E-state index contributed by atoms with van der Waals surface area (Å²) >= 11 is 1.33. The minimum Gasteiger partial charge on any atom is -0.492 e. The molecule has 2 saturated heterocycles. The van der Waals surface area contributed by atoms with Crippen LogP contribution in [0.1, 0.15) is 29.3 Å². The lowest BCUT2D eigenvalue weighted by atomic mass is 9.97. The molecule has 0 bridgehead atoms. The van der Waals surface area contributed by atoms with Gasteiger partial charge in [-0.3, -0.25) is 15.0 Å². The number of piperidine rings is 1. The van der Waals surface area contributed by atoms with Gasteiger partial charge in [0.2, 0.25) is 16.7 Å². The second kappa shape index (κ2) is 8.17. The first-order chi connectivity index (χ1) is 16.5. The third-order valence-electron chi connectivity index (χ3n) is 6.35. The van der Waals surface area contributed by atoms with Gasteiger partial charge in [0.25, 0.3) is 5.69 Å². The number of furan rings is 1. The lowest BCUT2D eigenvalue weighted by Gasteiger charge is -2.41. The second-order valence-electron chi connectivity index (χ2n) is 8.29. The Morgan fingerprint density at radius 3 is 2.50 bits per heavy atom. The summed E-state index contributed by atoms with van der Waals surface area (Å²) in [7, 11) is 0. The fourth-order valence-corrected chi connectivity index (χ4v) is 5.77. The van der Waals surface area contributed by atoms with E-state index in [1.165, 1.54) is 28.0 Å². The van der Waals surface area contributed by atoms with Gasteiger partial charge in [0.15, 0.2) is 11.5 Å². The van der Waals surface area contributed by atoms with Gasteiger partial charge in [0, 0.05) is 38.1 Å². The minimum atomic E-state index is -0.540. The molecule has 11 nitrogen and oxygen atoms in total. The van der Waals surface area contributed by atoms with Crippen molar-refractivity contribution in [2.75, 3.05) is 26.3 Å². The molecular formula is C22H21N5O6S. The number of nitro groups is 1. The van der Waals surface area contributed by atoms with Crippen LogP contribution in [0.5, 0.6) is 5.88 Å². The molecule has 0 unspecified atom stereocenters. The van der Waals surface area contributed by atoms with E-state index in [2.05, 4.69) is 15.0 Å². The number of ether oxygens (including phenoxy) is 2. The van der Waals surface area contributed by atoms with Crippen molar-refractivity contribution in [1.82, 2.24) is 19.5 Å². The molecule has 3 aromatic heterocycles. The zero-order chi connectivity index (χ0) is 23.3. The molecule has 12 heteroatoms. The third-order valence-corrected chi connectivity index (χ3v) is 7.42. The summed E-state index contributed by atoms with van der Waals surface area (Å²) < 4.78 is 18.5. The van der Waals surface area contributed by atoms with Gasteiger partial charge in [-0.1, -0.05) is 23.5 Å². The van der Waals surface area contributed by atoms with Crippen LogP contribution in [0.4, 0.5) is 5.69 Å². The average molecular weight is 484 g/mol. The molecule has 34 heavy (non-hydrogen) atoms. The summed E-state index contributed by atoms with van der Waals surface area (Å²) in [5.74, 6) is 0.353. The second-order valence-corrected chi connectivity index (χ2v) is 9.30. The molecule has 0 amide bonds. The summed E-state index contributed by atoms with van der Waals surface area (Å²) in [4.78, 5) is 18.7. The lowest BCUT2D eigenvalue weighted by molar-refractivity contribution is -0.384. The molecule has 1 spiro atoms. The lowest BCUT2D eigenvalue weighted by Crippen LogP contribution is -2.46. The van der Waals surface area contributed by atoms with Gasteiger partial charge in [0.05, 0.1) is 35.3 Å². The molecular weight excluding hydrogens is 462 g/mol. The van der Waals surface area contributed by atoms with Gasteiger partial charge in [-0.2, -0.15) is 9.50 Å². The van der Waals surface area contributed by atoms with Crippen molar-refractivity contribution in [3.05, 3.63) is 63.2 Å². The first kappa shape index (κ1) is 21.2. The number of nitrogens with zero attached hydrogens (tertiary/aromatic N) is 5. The van der Waals surface area contributed by atoms with E-state index in [9.17, 15) is 15.2 Å². The number of hydrogen-bond acceptors (Lipinski definition) is 10. The number of aromatic nitrogens is 3. The van der Waals surface area contributed by atoms with Crippen molar-refractivity contribution < 1.29 is 23.9 Å². The van der Waals surface area contributed by atoms with E-state index in [1.54, 1.807) is 30.5 Å². The van der Waals surface area contributed by atoms with Crippen LogP contribution in [-0.2, 0) is 9.47 Å². The summed E-state index contributed by atoms with van der Waals surface area (Å²) in [5.41, 5.74) is 0.851. The monoisotopic (exact) mass is 483 g/mol. The maximum atomic E-state index is 11.2. The number of fused-ring (bicyclic) bond motifs is 1. The highest BCUT2D eigenvalue weighted by atomic mass is 32.1. The molecule has 1 atom stereocenters. The Morgan fingerprint density at radius 2 is 1.88 bits per heavy atom. The van der Waals surface area contributed by atoms with Crippen molar-refractivity contribution >= 4 is 22.0 Å². The van der Waals surface area contributed by atoms with E-state index >= 15 is 0 Å². The van der Waals surface area contributed by atoms with Gasteiger partial charge in [-0.15, -0.1) is 5.10 Å². The van der Waals surface area contributed by atoms with Crippen LogP contribution in [0.3, 0.4) is 0 Å². The Bertz CT molecular complexity index is 1320. The predicted molar refractivity (Wildman–Crippen MR) is 121 cm³/mol. The first-order valence-electron chi connectivity index (χ1n) is 10.9. The molecule has 0 aliphatic carbocycles. The van der Waals surface area contributed by atoms with Gasteiger partial charge in [-0.25, -0.2) is 0 Å². The maximum Gasteiger partial charge on any atom is 0.269 e. The maximum absolute atomic E-state index is 11.2. The van der Waals surface area contributed by atoms with Crippen LogP contribution in [0.2, 0.25) is 0 Å². The molecule has 2 fully saturated rings. The fraction of sp³-hybridized carbons (Fsp3) is 0.364. The van der Waals surface area contributed by atoms with E-state index in [1.807, 2.05) is 0 Å². The van der Waals surface area contributed by atoms with Crippen LogP contribution >= 0.6 is 11.3 Å². The minimum absolute atomic E-state index is 0.0117. The Labute approximate surface area is 197 Å². The molecule has 2 aliphatic heterocycles. The molecule has 176 valence electrons. The fourth-order valence-electron chi connectivity index (χ4n) is 4.65. The number of likely N-dealkylation sites (tertiary alicyclic amines) is 1. The van der Waals surface area contributed by atoms with Crippen LogP contribution in [0, 0.1) is 10.1 Å². The van der Waals surface area contributed by atoms with E-state index < -0.39 is 10.7 Å². The quantitative estimate of drug-likeness (QED) is 0.334. The smallest absolute Gasteiger partial charge is 0.269 e. The summed E-state index contributed by atoms with van der Waals surface area (Å²) in [6.07, 6.45) is 2.93. The van der Waals surface area contributed by atoms with E-state index in [-0.39, 0.29) is 17.6 Å². The van der Waals surface area contributed by atoms with Gasteiger partial charge < -0.3 is 19.0 Å². The highest BCUT2D eigenvalue weighted by molar-refractivity contribution is 7.17. The number of rotatable bonds is 5. The summed E-state index contributed by atoms with van der Waals surface area (Å²) in [6, 6.07) is 9.62. The Kier molecular flexibility index (Phi) is 5.10. The molecule has 1 aromatic carbocycles. The Balaban J connectivity index is 1.38. The molecule has 4 aromatic rings. The number of hydrogen-bond donors (Lipinski definition) is 1. The van der Waals surface area contributed by atoms with E-state index in [0.717, 1.165) is 5.56 Å². The SMILES string of the molecule is O=[N+]([O-])c1ccc([C@H](c2sc3nc(-c4ccco4)nn3c2O)N2CCC3(CC2)OCCO3)cc1. The predicted octanol–water partition coefficient (Wildman–Crippen LogP) is 3.59. The number of nitro benzene ring substituents is 1. The van der Waals surface area contributed by atoms with Crippen LogP contribution in [-0.4, -0.2) is 61.6 Å². The molecule has 0 radical (unpaired) electrons. The average Bonchev–Trinajstić information content (AvgIpc) is 3.63. The Morgan fingerprint density at radius 1 is 1.15 bits per heavy atom. The summed E-state index contributed by atoms with van der Waals surface area (Å²) in [6.45, 7) is 2.54. The Hall–Kier alpha value is -3.32. The van der Waals surface area contributed by atoms with Crippen LogP contribution in [0.15, 0.2) is 47.1 Å². The van der Waals surface area contributed by atoms with Crippen molar-refractivity contribution in [2.45, 2.75) is 24.7 Å². The zero-order valence-corrected chi connectivity index (χ0v) is 18.8. The number of benzene rings is 1. The van der Waals surface area contributed by atoms with Crippen molar-refractivity contribution in [3.8, 4) is 17.5 Å². The largest absolute Gasteiger partial charge is 0.492 e. The van der Waals surface area contributed by atoms with Gasteiger partial charge in [-0.05, 0) is 17.7 Å². The van der Waals surface area contributed by atoms with Gasteiger partial charge >= 0.3 is 0 Å². The van der Waals surface area contributed by atoms with Crippen molar-refractivity contribution in [2.24, 2.45) is 0 Å². The van der Waals surface area contributed by atoms with E-state index in [0.29, 0.717) is 60.6 Å². The molecule has 2 aliphatic rings. The van der Waals surface area contributed by atoms with E-state index in [4.69, 9.17) is 13.9 Å². The number of aromatic hydroxyl groups is 1. The third kappa shape index (κ3) is 3.55. The van der Waals surface area contributed by atoms with Crippen molar-refractivity contribution in [3.63, 3.8) is 0 Å². The molecule has 0 saturated carbocycles. The standard InChI is InChI=1S/C22H21N5O6S/c28-20-18(34-21-23-19(24-26(20)21)16-2-1-11-31-16)17(14-3-5-15(6-4-14)27(29)30)25-9-7-22(8-10-25)32-12-13-33-22/h1-6,11,17,28H,7-10,12-13H2/t17-/m1/s1. The van der Waals surface area contributed by atoms with Crippen LogP contribution in [0.25, 0.3) is 16.5 Å². The highest BCUT2D eigenvalue weighted by Crippen LogP contribution is 2.43. The van der Waals surface area contributed by atoms with Gasteiger partial charge in [0.1, 0.15) is 0 Å².